The van der Waals surface area contributed by atoms with Gasteiger partial charge in [0.15, 0.2) is 5.13 Å². The fourth-order valence-corrected chi connectivity index (χ4v) is 2.98. The molecular weight excluding hydrogens is 332 g/mol. The van der Waals surface area contributed by atoms with Crippen molar-refractivity contribution in [2.45, 2.75) is 24.3 Å². The van der Waals surface area contributed by atoms with Gasteiger partial charge in [0, 0.05) is 17.1 Å². The summed E-state index contributed by atoms with van der Waals surface area (Å²) < 4.78 is 5.61. The Morgan fingerprint density at radius 1 is 1.30 bits per heavy atom. The van der Waals surface area contributed by atoms with Crippen molar-refractivity contribution in [1.82, 2.24) is 15.2 Å². The normalized spacial score (nSPS) is 12.1. The summed E-state index contributed by atoms with van der Waals surface area (Å²) >= 11 is 2.59. The van der Waals surface area contributed by atoms with Crippen molar-refractivity contribution in [3.8, 4) is 11.5 Å². The molecule has 3 rings (SSSR count). The van der Waals surface area contributed by atoms with Gasteiger partial charge in [-0.15, -0.1) is 21.5 Å². The highest BCUT2D eigenvalue weighted by molar-refractivity contribution is 8.00. The highest BCUT2D eigenvalue weighted by Gasteiger charge is 2.19. The number of carbonyl (C=O) groups is 1. The van der Waals surface area contributed by atoms with E-state index >= 15 is 0 Å². The third kappa shape index (κ3) is 3.96. The summed E-state index contributed by atoms with van der Waals surface area (Å²) in [5.74, 6) is 0.292. The van der Waals surface area contributed by atoms with Crippen LogP contribution in [0.2, 0.25) is 0 Å². The predicted octanol–water partition coefficient (Wildman–Crippen LogP) is 3.62. The molecule has 2 heterocycles. The molecule has 0 saturated carbocycles. The largest absolute Gasteiger partial charge is 0.411 e. The van der Waals surface area contributed by atoms with E-state index in [4.69, 9.17) is 4.42 Å². The second-order valence-electron chi connectivity index (χ2n) is 4.83. The lowest BCUT2D eigenvalue weighted by molar-refractivity contribution is -0.115. The van der Waals surface area contributed by atoms with Crippen LogP contribution in [-0.4, -0.2) is 26.3 Å². The molecule has 0 bridgehead atoms. The number of aromatic nitrogens is 3. The number of carbonyl (C=O) groups excluding carboxylic acids is 1. The molecule has 0 aliphatic carbocycles. The molecule has 2 aromatic heterocycles. The Balaban J connectivity index is 1.64. The maximum absolute atomic E-state index is 12.1. The molecule has 1 amide bonds. The van der Waals surface area contributed by atoms with E-state index in [0.717, 1.165) is 11.1 Å². The summed E-state index contributed by atoms with van der Waals surface area (Å²) in [6, 6.07) is 7.82. The molecule has 0 radical (unpaired) electrons. The molecule has 3 aromatic rings. The van der Waals surface area contributed by atoms with E-state index in [1.165, 1.54) is 23.1 Å². The second kappa shape index (κ2) is 6.93. The first-order valence-corrected chi connectivity index (χ1v) is 8.65. The molecule has 6 nitrogen and oxygen atoms in total. The first-order valence-electron chi connectivity index (χ1n) is 6.89. The van der Waals surface area contributed by atoms with Gasteiger partial charge in [0.05, 0.1) is 5.25 Å². The van der Waals surface area contributed by atoms with Gasteiger partial charge in [-0.25, -0.2) is 4.98 Å². The molecular formula is C15H14N4O2S2. The van der Waals surface area contributed by atoms with Crippen molar-refractivity contribution in [3.63, 3.8) is 0 Å². The lowest BCUT2D eigenvalue weighted by Crippen LogP contribution is -2.22. The number of benzene rings is 1. The average molecular weight is 346 g/mol. The topological polar surface area (TPSA) is 80.9 Å². The van der Waals surface area contributed by atoms with Crippen LogP contribution in [0.4, 0.5) is 5.13 Å². The Bertz CT molecular complexity index is 784. The quantitative estimate of drug-likeness (QED) is 0.711. The Labute approximate surface area is 141 Å². The Morgan fingerprint density at radius 2 is 2.09 bits per heavy atom. The van der Waals surface area contributed by atoms with Crippen molar-refractivity contribution >= 4 is 34.1 Å². The van der Waals surface area contributed by atoms with E-state index in [9.17, 15) is 4.79 Å². The standard InChI is InChI=1S/C15H14N4O2S2/c1-9-3-5-11(6-4-9)13-18-19-15(21-13)23-10(2)12(20)17-14-16-7-8-22-14/h3-8,10H,1-2H3,(H,16,17,20). The molecule has 118 valence electrons. The molecule has 8 heteroatoms. The molecule has 0 spiro atoms. The van der Waals surface area contributed by atoms with E-state index < -0.39 is 0 Å². The summed E-state index contributed by atoms with van der Waals surface area (Å²) in [6.07, 6.45) is 1.64. The zero-order valence-corrected chi connectivity index (χ0v) is 14.1. The number of thiazole rings is 1. The molecule has 0 aliphatic heterocycles. The number of rotatable bonds is 5. The summed E-state index contributed by atoms with van der Waals surface area (Å²) in [5.41, 5.74) is 2.02. The van der Waals surface area contributed by atoms with Crippen LogP contribution in [0.25, 0.3) is 11.5 Å². The fraction of sp³-hybridized carbons (Fsp3) is 0.200. The highest BCUT2D eigenvalue weighted by atomic mass is 32.2. The maximum Gasteiger partial charge on any atom is 0.277 e. The minimum absolute atomic E-state index is 0.153. The van der Waals surface area contributed by atoms with E-state index in [1.54, 1.807) is 18.5 Å². The number of amides is 1. The minimum atomic E-state index is -0.370. The van der Waals surface area contributed by atoms with Crippen LogP contribution in [0.15, 0.2) is 45.5 Å². The zero-order chi connectivity index (χ0) is 16.2. The molecule has 1 atom stereocenters. The highest BCUT2D eigenvalue weighted by Crippen LogP contribution is 2.27. The third-order valence-corrected chi connectivity index (χ3v) is 4.64. The van der Waals surface area contributed by atoms with Crippen LogP contribution in [0.5, 0.6) is 0 Å². The van der Waals surface area contributed by atoms with Gasteiger partial charge in [-0.2, -0.15) is 0 Å². The number of nitrogens with one attached hydrogen (secondary N) is 1. The predicted molar refractivity (Wildman–Crippen MR) is 90.5 cm³/mol. The van der Waals surface area contributed by atoms with Crippen molar-refractivity contribution < 1.29 is 9.21 Å². The summed E-state index contributed by atoms with van der Waals surface area (Å²) in [6.45, 7) is 3.80. The van der Waals surface area contributed by atoms with E-state index in [1.807, 2.05) is 31.2 Å². The monoisotopic (exact) mass is 346 g/mol. The number of nitrogens with zero attached hydrogens (tertiary/aromatic N) is 3. The molecule has 1 aromatic carbocycles. The van der Waals surface area contributed by atoms with E-state index in [2.05, 4.69) is 20.5 Å². The lowest BCUT2D eigenvalue weighted by Gasteiger charge is -2.07. The van der Waals surface area contributed by atoms with Gasteiger partial charge in [0.2, 0.25) is 11.8 Å². The zero-order valence-electron chi connectivity index (χ0n) is 12.5. The van der Waals surface area contributed by atoms with E-state index in [0.29, 0.717) is 16.2 Å². The molecule has 1 unspecified atom stereocenters. The summed E-state index contributed by atoms with van der Waals surface area (Å²) in [5, 5.41) is 13.1. The van der Waals surface area contributed by atoms with Gasteiger partial charge >= 0.3 is 0 Å². The summed E-state index contributed by atoms with van der Waals surface area (Å²) in [7, 11) is 0. The number of thioether (sulfide) groups is 1. The number of hydrogen-bond donors (Lipinski definition) is 1. The van der Waals surface area contributed by atoms with Crippen molar-refractivity contribution in [2.24, 2.45) is 0 Å². The molecule has 0 saturated heterocycles. The Morgan fingerprint density at radius 3 is 2.78 bits per heavy atom. The van der Waals surface area contributed by atoms with Crippen molar-refractivity contribution in [1.29, 1.82) is 0 Å². The van der Waals surface area contributed by atoms with Crippen LogP contribution >= 0.6 is 23.1 Å². The smallest absolute Gasteiger partial charge is 0.277 e. The van der Waals surface area contributed by atoms with Crippen LogP contribution in [0, 0.1) is 6.92 Å². The number of hydrogen-bond acceptors (Lipinski definition) is 7. The lowest BCUT2D eigenvalue weighted by atomic mass is 10.1. The van der Waals surface area contributed by atoms with Crippen LogP contribution in [0.3, 0.4) is 0 Å². The van der Waals surface area contributed by atoms with Gasteiger partial charge < -0.3 is 9.73 Å². The van der Waals surface area contributed by atoms with Crippen molar-refractivity contribution in [3.05, 3.63) is 41.4 Å². The SMILES string of the molecule is Cc1ccc(-c2nnc(SC(C)C(=O)Nc3nccs3)o2)cc1. The first kappa shape index (κ1) is 15.7. The minimum Gasteiger partial charge on any atom is -0.411 e. The summed E-state index contributed by atoms with van der Waals surface area (Å²) in [4.78, 5) is 16.1. The Hall–Kier alpha value is -2.19. The second-order valence-corrected chi connectivity index (χ2v) is 7.01. The van der Waals surface area contributed by atoms with Crippen LogP contribution < -0.4 is 5.32 Å². The maximum atomic E-state index is 12.1. The molecule has 0 fully saturated rings. The van der Waals surface area contributed by atoms with Crippen molar-refractivity contribution in [2.75, 3.05) is 5.32 Å². The Kier molecular flexibility index (Phi) is 4.73. The van der Waals surface area contributed by atoms with Crippen LogP contribution in [0.1, 0.15) is 12.5 Å². The fourth-order valence-electron chi connectivity index (χ4n) is 1.77. The first-order chi connectivity index (χ1) is 11.1. The van der Waals surface area contributed by atoms with Crippen LogP contribution in [-0.2, 0) is 4.79 Å². The third-order valence-electron chi connectivity index (χ3n) is 3.01. The average Bonchev–Trinajstić information content (AvgIpc) is 3.20. The number of aryl methyl sites for hydroxylation is 1. The molecule has 0 aliphatic rings. The molecule has 1 N–H and O–H groups in total. The van der Waals surface area contributed by atoms with Gasteiger partial charge in [0.1, 0.15) is 0 Å². The van der Waals surface area contributed by atoms with Gasteiger partial charge in [-0.05, 0) is 26.0 Å². The molecule has 23 heavy (non-hydrogen) atoms. The van der Waals surface area contributed by atoms with Gasteiger partial charge in [-0.1, -0.05) is 29.5 Å². The number of anilines is 1. The van der Waals surface area contributed by atoms with Gasteiger partial charge in [0.25, 0.3) is 5.22 Å². The van der Waals surface area contributed by atoms with Gasteiger partial charge in [-0.3, -0.25) is 4.79 Å². The van der Waals surface area contributed by atoms with E-state index in [-0.39, 0.29) is 11.2 Å².